The summed E-state index contributed by atoms with van der Waals surface area (Å²) >= 11 is 12.1. The van der Waals surface area contributed by atoms with Gasteiger partial charge in [-0.15, -0.1) is 23.2 Å². The normalized spacial score (nSPS) is 23.2. The molecule has 110 valence electrons. The molecule has 20 heavy (non-hydrogen) atoms. The van der Waals surface area contributed by atoms with Crippen LogP contribution in [0.25, 0.3) is 0 Å². The Morgan fingerprint density at radius 1 is 1.35 bits per heavy atom. The molecule has 1 aromatic rings. The molecule has 1 amide bonds. The summed E-state index contributed by atoms with van der Waals surface area (Å²) < 4.78 is 4.47. The van der Waals surface area contributed by atoms with Gasteiger partial charge >= 0.3 is 0 Å². The van der Waals surface area contributed by atoms with Gasteiger partial charge in [-0.3, -0.25) is 4.79 Å². The quantitative estimate of drug-likeness (QED) is 0.777. The number of amides is 1. The third kappa shape index (κ3) is 2.89. The highest BCUT2D eigenvalue weighted by molar-refractivity contribution is 6.53. The molecular formula is C15H19Cl2NO2. The molecular weight excluding hydrogens is 297 g/mol. The molecule has 0 heterocycles. The maximum absolute atomic E-state index is 12.3. The lowest BCUT2D eigenvalue weighted by molar-refractivity contribution is -0.135. The molecule has 0 bridgehead atoms. The summed E-state index contributed by atoms with van der Waals surface area (Å²) in [7, 11) is 1.77. The van der Waals surface area contributed by atoms with Gasteiger partial charge in [0.05, 0.1) is 12.0 Å². The minimum absolute atomic E-state index is 0.0172. The number of halogens is 2. The molecule has 0 N–H and O–H groups in total. The van der Waals surface area contributed by atoms with Gasteiger partial charge in [-0.05, 0) is 38.0 Å². The van der Waals surface area contributed by atoms with Gasteiger partial charge in [0.25, 0.3) is 0 Å². The third-order valence-corrected chi connectivity index (χ3v) is 4.83. The van der Waals surface area contributed by atoms with Crippen LogP contribution in [0.3, 0.4) is 0 Å². The van der Waals surface area contributed by atoms with Crippen molar-refractivity contribution in [1.82, 2.24) is 4.90 Å². The van der Waals surface area contributed by atoms with Gasteiger partial charge in [0.15, 0.2) is 0 Å². The van der Waals surface area contributed by atoms with Crippen molar-refractivity contribution in [2.45, 2.75) is 31.1 Å². The lowest BCUT2D eigenvalue weighted by atomic mass is 10.1. The molecule has 1 fully saturated rings. The van der Waals surface area contributed by atoms with E-state index in [1.54, 1.807) is 11.9 Å². The molecule has 2 rings (SSSR count). The van der Waals surface area contributed by atoms with Gasteiger partial charge in [0, 0.05) is 13.6 Å². The van der Waals surface area contributed by atoms with Gasteiger partial charge < -0.3 is 9.64 Å². The minimum atomic E-state index is -0.919. The predicted molar refractivity (Wildman–Crippen MR) is 81.2 cm³/mol. The lowest BCUT2D eigenvalue weighted by Gasteiger charge is -2.22. The summed E-state index contributed by atoms with van der Waals surface area (Å²) in [6, 6.07) is 7.73. The van der Waals surface area contributed by atoms with E-state index in [1.807, 2.05) is 38.1 Å². The van der Waals surface area contributed by atoms with E-state index in [-0.39, 0.29) is 5.91 Å². The van der Waals surface area contributed by atoms with E-state index in [0.717, 1.165) is 11.3 Å². The van der Waals surface area contributed by atoms with Crippen molar-refractivity contribution >= 4 is 29.1 Å². The lowest BCUT2D eigenvalue weighted by Crippen LogP contribution is -2.34. The van der Waals surface area contributed by atoms with Crippen LogP contribution in [0.1, 0.15) is 25.8 Å². The van der Waals surface area contributed by atoms with E-state index in [4.69, 9.17) is 27.9 Å². The van der Waals surface area contributed by atoms with Crippen LogP contribution < -0.4 is 4.74 Å². The SMILES string of the molecule is CCOc1ccc(CN(C)C(=O)C2(C)CC2(Cl)Cl)cc1. The van der Waals surface area contributed by atoms with Crippen LogP contribution in [0.15, 0.2) is 24.3 Å². The number of carbonyl (C=O) groups excluding carboxylic acids is 1. The summed E-state index contributed by atoms with van der Waals surface area (Å²) in [5.41, 5.74) is 0.388. The van der Waals surface area contributed by atoms with Crippen molar-refractivity contribution in [1.29, 1.82) is 0 Å². The largest absolute Gasteiger partial charge is 0.494 e. The zero-order chi connectivity index (χ0) is 15.0. The molecule has 5 heteroatoms. The second-order valence-electron chi connectivity index (χ2n) is 5.45. The molecule has 3 nitrogen and oxygen atoms in total. The van der Waals surface area contributed by atoms with Crippen molar-refractivity contribution in [3.63, 3.8) is 0 Å². The molecule has 0 aromatic heterocycles. The summed E-state index contributed by atoms with van der Waals surface area (Å²) in [6.07, 6.45) is 0.509. The van der Waals surface area contributed by atoms with Crippen molar-refractivity contribution in [3.8, 4) is 5.75 Å². The van der Waals surface area contributed by atoms with E-state index < -0.39 is 9.75 Å². The van der Waals surface area contributed by atoms with Crippen LogP contribution in [0, 0.1) is 5.41 Å². The highest BCUT2D eigenvalue weighted by Gasteiger charge is 2.68. The van der Waals surface area contributed by atoms with Gasteiger partial charge in [-0.1, -0.05) is 12.1 Å². The number of carbonyl (C=O) groups is 1. The number of hydrogen-bond donors (Lipinski definition) is 0. The van der Waals surface area contributed by atoms with Gasteiger partial charge in [0.1, 0.15) is 10.1 Å². The van der Waals surface area contributed by atoms with Gasteiger partial charge in [0.2, 0.25) is 5.91 Å². The van der Waals surface area contributed by atoms with Crippen molar-refractivity contribution in [2.75, 3.05) is 13.7 Å². The first-order valence-corrected chi connectivity index (χ1v) is 7.41. The Kier molecular flexibility index (Phi) is 4.22. The second-order valence-corrected chi connectivity index (χ2v) is 6.94. The maximum Gasteiger partial charge on any atom is 0.231 e. The Morgan fingerprint density at radius 3 is 2.35 bits per heavy atom. The minimum Gasteiger partial charge on any atom is -0.494 e. The van der Waals surface area contributed by atoms with Crippen molar-refractivity contribution in [3.05, 3.63) is 29.8 Å². The Hall–Kier alpha value is -0.930. The zero-order valence-corrected chi connectivity index (χ0v) is 13.5. The highest BCUT2D eigenvalue weighted by atomic mass is 35.5. The molecule has 1 atom stereocenters. The van der Waals surface area contributed by atoms with Crippen LogP contribution in [0.4, 0.5) is 0 Å². The number of hydrogen-bond acceptors (Lipinski definition) is 2. The smallest absolute Gasteiger partial charge is 0.231 e. The van der Waals surface area contributed by atoms with Crippen molar-refractivity contribution in [2.24, 2.45) is 5.41 Å². The fourth-order valence-electron chi connectivity index (χ4n) is 2.26. The number of nitrogens with zero attached hydrogens (tertiary/aromatic N) is 1. The number of benzene rings is 1. The predicted octanol–water partition coefficient (Wildman–Crippen LogP) is 3.63. The number of alkyl halides is 2. The third-order valence-electron chi connectivity index (χ3n) is 3.73. The molecule has 1 aliphatic carbocycles. The molecule has 0 saturated heterocycles. The monoisotopic (exact) mass is 315 g/mol. The van der Waals surface area contributed by atoms with E-state index in [2.05, 4.69) is 0 Å². The first-order chi connectivity index (χ1) is 9.30. The Labute approximate surface area is 129 Å². The topological polar surface area (TPSA) is 29.5 Å². The van der Waals surface area contributed by atoms with E-state index in [1.165, 1.54) is 0 Å². The first kappa shape index (κ1) is 15.5. The second kappa shape index (κ2) is 5.45. The Balaban J connectivity index is 1.98. The summed E-state index contributed by atoms with van der Waals surface area (Å²) in [5, 5.41) is 0. The molecule has 1 saturated carbocycles. The Morgan fingerprint density at radius 2 is 1.90 bits per heavy atom. The summed E-state index contributed by atoms with van der Waals surface area (Å²) in [5.74, 6) is 0.816. The fourth-order valence-corrected chi connectivity index (χ4v) is 2.95. The number of rotatable bonds is 5. The molecule has 0 radical (unpaired) electrons. The fraction of sp³-hybridized carbons (Fsp3) is 0.533. The van der Waals surface area contributed by atoms with Gasteiger partial charge in [-0.2, -0.15) is 0 Å². The van der Waals surface area contributed by atoms with Crippen LogP contribution in [0.5, 0.6) is 5.75 Å². The first-order valence-electron chi connectivity index (χ1n) is 6.65. The average Bonchev–Trinajstić information content (AvgIpc) is 2.91. The summed E-state index contributed by atoms with van der Waals surface area (Å²) in [4.78, 5) is 14.0. The molecule has 1 unspecified atom stereocenters. The summed E-state index contributed by atoms with van der Waals surface area (Å²) in [6.45, 7) is 4.93. The molecule has 1 aromatic carbocycles. The molecule has 0 spiro atoms. The van der Waals surface area contributed by atoms with Crippen LogP contribution >= 0.6 is 23.2 Å². The van der Waals surface area contributed by atoms with Crippen LogP contribution in [-0.2, 0) is 11.3 Å². The van der Waals surface area contributed by atoms with E-state index >= 15 is 0 Å². The zero-order valence-electron chi connectivity index (χ0n) is 12.0. The maximum atomic E-state index is 12.3. The van der Waals surface area contributed by atoms with Crippen LogP contribution in [-0.4, -0.2) is 28.8 Å². The molecule has 1 aliphatic rings. The highest BCUT2D eigenvalue weighted by Crippen LogP contribution is 2.64. The Bertz CT molecular complexity index is 501. The van der Waals surface area contributed by atoms with E-state index in [9.17, 15) is 4.79 Å². The average molecular weight is 316 g/mol. The van der Waals surface area contributed by atoms with E-state index in [0.29, 0.717) is 19.6 Å². The molecule has 0 aliphatic heterocycles. The van der Waals surface area contributed by atoms with Gasteiger partial charge in [-0.25, -0.2) is 0 Å². The van der Waals surface area contributed by atoms with Crippen LogP contribution in [0.2, 0.25) is 0 Å². The standard InChI is InChI=1S/C15H19Cl2NO2/c1-4-20-12-7-5-11(6-8-12)9-18(3)13(19)14(2)10-15(14,16)17/h5-8H,4,9-10H2,1-3H3. The number of ether oxygens (including phenoxy) is 1. The van der Waals surface area contributed by atoms with Crippen molar-refractivity contribution < 1.29 is 9.53 Å².